The first-order valence-corrected chi connectivity index (χ1v) is 9.09. The molecule has 136 valence electrons. The summed E-state index contributed by atoms with van der Waals surface area (Å²) in [5.74, 6) is 1.07. The molecule has 3 aromatic rings. The maximum absolute atomic E-state index is 12.8. The van der Waals surface area contributed by atoms with E-state index in [0.717, 1.165) is 0 Å². The maximum Gasteiger partial charge on any atom is 0.255 e. The van der Waals surface area contributed by atoms with Crippen molar-refractivity contribution in [2.75, 3.05) is 19.8 Å². The number of fused-ring (bicyclic) bond motifs is 1. The summed E-state index contributed by atoms with van der Waals surface area (Å²) in [5, 5.41) is 3.07. The molecule has 4 heteroatoms. The zero-order valence-electron chi connectivity index (χ0n) is 14.9. The number of para-hydroxylation sites is 1. The maximum atomic E-state index is 12.8. The Hall–Kier alpha value is -3.27. The molecule has 0 saturated carbocycles. The molecule has 0 aromatic heterocycles. The predicted octanol–water partition coefficient (Wildman–Crippen LogP) is 4.02. The van der Waals surface area contributed by atoms with E-state index >= 15 is 0 Å². The van der Waals surface area contributed by atoms with Crippen molar-refractivity contribution >= 4 is 5.91 Å². The molecule has 1 heterocycles. The highest BCUT2D eigenvalue weighted by Gasteiger charge is 2.21. The van der Waals surface area contributed by atoms with Crippen LogP contribution in [0.3, 0.4) is 0 Å². The van der Waals surface area contributed by atoms with Gasteiger partial charge in [0.25, 0.3) is 5.91 Å². The van der Waals surface area contributed by atoms with Crippen LogP contribution in [0.1, 0.15) is 27.4 Å². The van der Waals surface area contributed by atoms with Gasteiger partial charge in [-0.3, -0.25) is 4.79 Å². The van der Waals surface area contributed by atoms with Gasteiger partial charge in [0.2, 0.25) is 0 Å². The quantitative estimate of drug-likeness (QED) is 0.748. The summed E-state index contributed by atoms with van der Waals surface area (Å²) >= 11 is 0. The van der Waals surface area contributed by atoms with E-state index in [1.54, 1.807) is 6.07 Å². The third kappa shape index (κ3) is 3.80. The lowest BCUT2D eigenvalue weighted by molar-refractivity contribution is 0.0941. The van der Waals surface area contributed by atoms with Gasteiger partial charge in [0.1, 0.15) is 13.2 Å². The van der Waals surface area contributed by atoms with E-state index in [1.807, 2.05) is 48.5 Å². The monoisotopic (exact) mass is 359 g/mol. The van der Waals surface area contributed by atoms with Crippen LogP contribution in [0.2, 0.25) is 0 Å². The van der Waals surface area contributed by atoms with Crippen molar-refractivity contribution in [3.05, 3.63) is 95.6 Å². The van der Waals surface area contributed by atoms with E-state index in [4.69, 9.17) is 9.47 Å². The Balaban J connectivity index is 1.56. The van der Waals surface area contributed by atoms with Crippen LogP contribution in [0.4, 0.5) is 0 Å². The molecular weight excluding hydrogens is 338 g/mol. The largest absolute Gasteiger partial charge is 0.486 e. The van der Waals surface area contributed by atoms with Crippen molar-refractivity contribution in [2.24, 2.45) is 0 Å². The molecule has 0 saturated heterocycles. The average molecular weight is 359 g/mol. The molecule has 1 aliphatic rings. The van der Waals surface area contributed by atoms with Crippen molar-refractivity contribution in [3.8, 4) is 11.5 Å². The Labute approximate surface area is 158 Å². The molecular formula is C23H21NO3. The van der Waals surface area contributed by atoms with E-state index in [2.05, 4.69) is 29.6 Å². The fourth-order valence-electron chi connectivity index (χ4n) is 3.34. The number of hydrogen-bond donors (Lipinski definition) is 1. The normalized spacial score (nSPS) is 12.6. The lowest BCUT2D eigenvalue weighted by Crippen LogP contribution is -2.30. The molecule has 4 nitrogen and oxygen atoms in total. The van der Waals surface area contributed by atoms with Crippen molar-refractivity contribution in [3.63, 3.8) is 0 Å². The highest BCUT2D eigenvalue weighted by atomic mass is 16.6. The Kier molecular flexibility index (Phi) is 5.06. The second-order valence-corrected chi connectivity index (χ2v) is 6.41. The summed E-state index contributed by atoms with van der Waals surface area (Å²) < 4.78 is 11.2. The molecule has 0 radical (unpaired) electrons. The van der Waals surface area contributed by atoms with Crippen LogP contribution < -0.4 is 14.8 Å². The van der Waals surface area contributed by atoms with Crippen molar-refractivity contribution in [1.29, 1.82) is 0 Å². The summed E-state index contributed by atoms with van der Waals surface area (Å²) in [6.45, 7) is 1.45. The summed E-state index contributed by atoms with van der Waals surface area (Å²) in [4.78, 5) is 12.8. The summed E-state index contributed by atoms with van der Waals surface area (Å²) in [6.07, 6.45) is 0. The minimum absolute atomic E-state index is 0.0769. The molecule has 0 bridgehead atoms. The van der Waals surface area contributed by atoms with Gasteiger partial charge in [-0.15, -0.1) is 0 Å². The first-order chi connectivity index (χ1) is 13.3. The van der Waals surface area contributed by atoms with Crippen LogP contribution in [0.25, 0.3) is 0 Å². The highest BCUT2D eigenvalue weighted by molar-refractivity contribution is 5.97. The molecule has 4 rings (SSSR count). The Morgan fingerprint density at radius 1 is 0.815 bits per heavy atom. The number of carbonyl (C=O) groups excluding carboxylic acids is 1. The molecule has 1 aliphatic heterocycles. The van der Waals surface area contributed by atoms with Gasteiger partial charge in [0.15, 0.2) is 11.5 Å². The fraction of sp³-hybridized carbons (Fsp3) is 0.174. The van der Waals surface area contributed by atoms with Gasteiger partial charge in [-0.1, -0.05) is 66.7 Å². The van der Waals surface area contributed by atoms with Crippen molar-refractivity contribution in [1.82, 2.24) is 5.32 Å². The van der Waals surface area contributed by atoms with Crippen LogP contribution >= 0.6 is 0 Å². The van der Waals surface area contributed by atoms with Crippen molar-refractivity contribution < 1.29 is 14.3 Å². The van der Waals surface area contributed by atoms with E-state index < -0.39 is 0 Å². The van der Waals surface area contributed by atoms with Gasteiger partial charge < -0.3 is 14.8 Å². The molecule has 0 aliphatic carbocycles. The van der Waals surface area contributed by atoms with E-state index in [1.165, 1.54) is 11.1 Å². The minimum Gasteiger partial charge on any atom is -0.486 e. The number of rotatable bonds is 5. The standard InChI is InChI=1S/C23H21NO3/c25-23(19-12-7-13-21-22(19)27-15-14-26-21)24-16-20(17-8-3-1-4-9-17)18-10-5-2-6-11-18/h1-13,20H,14-16H2,(H,24,25). The smallest absolute Gasteiger partial charge is 0.255 e. The Morgan fingerprint density at radius 3 is 2.11 bits per heavy atom. The van der Waals surface area contributed by atoms with Gasteiger partial charge in [0, 0.05) is 12.5 Å². The van der Waals surface area contributed by atoms with E-state index in [9.17, 15) is 4.79 Å². The van der Waals surface area contributed by atoms with Crippen LogP contribution in [-0.4, -0.2) is 25.7 Å². The van der Waals surface area contributed by atoms with Gasteiger partial charge in [-0.2, -0.15) is 0 Å². The Bertz CT molecular complexity index is 870. The zero-order chi connectivity index (χ0) is 18.5. The molecule has 0 spiro atoms. The zero-order valence-corrected chi connectivity index (χ0v) is 14.9. The molecule has 3 aromatic carbocycles. The number of ether oxygens (including phenoxy) is 2. The van der Waals surface area contributed by atoms with Crippen LogP contribution in [-0.2, 0) is 0 Å². The van der Waals surface area contributed by atoms with E-state index in [-0.39, 0.29) is 11.8 Å². The predicted molar refractivity (Wildman–Crippen MR) is 104 cm³/mol. The summed E-state index contributed by atoms with van der Waals surface area (Å²) in [5.41, 5.74) is 2.84. The van der Waals surface area contributed by atoms with E-state index in [0.29, 0.717) is 36.8 Å². The Morgan fingerprint density at radius 2 is 1.44 bits per heavy atom. The number of carbonyl (C=O) groups is 1. The lowest BCUT2D eigenvalue weighted by atomic mass is 9.91. The first kappa shape index (κ1) is 17.2. The summed E-state index contributed by atoms with van der Waals surface area (Å²) in [6, 6.07) is 25.8. The summed E-state index contributed by atoms with van der Waals surface area (Å²) in [7, 11) is 0. The third-order valence-electron chi connectivity index (χ3n) is 4.68. The van der Waals surface area contributed by atoms with Gasteiger partial charge in [-0.25, -0.2) is 0 Å². The van der Waals surface area contributed by atoms with Gasteiger partial charge in [0.05, 0.1) is 5.56 Å². The molecule has 27 heavy (non-hydrogen) atoms. The van der Waals surface area contributed by atoms with Crippen LogP contribution in [0, 0.1) is 0 Å². The first-order valence-electron chi connectivity index (χ1n) is 9.09. The molecule has 0 unspecified atom stereocenters. The average Bonchev–Trinajstić information content (AvgIpc) is 2.75. The molecule has 0 fully saturated rings. The number of nitrogens with one attached hydrogen (secondary N) is 1. The second-order valence-electron chi connectivity index (χ2n) is 6.41. The fourth-order valence-corrected chi connectivity index (χ4v) is 3.34. The lowest BCUT2D eigenvalue weighted by Gasteiger charge is -2.22. The third-order valence-corrected chi connectivity index (χ3v) is 4.68. The molecule has 0 atom stereocenters. The topological polar surface area (TPSA) is 47.6 Å². The second kappa shape index (κ2) is 7.96. The molecule has 1 N–H and O–H groups in total. The van der Waals surface area contributed by atoms with Gasteiger partial charge in [-0.05, 0) is 23.3 Å². The molecule has 1 amide bonds. The minimum atomic E-state index is -0.158. The van der Waals surface area contributed by atoms with Crippen LogP contribution in [0.5, 0.6) is 11.5 Å². The number of amides is 1. The SMILES string of the molecule is O=C(NCC(c1ccccc1)c1ccccc1)c1cccc2c1OCCO2. The highest BCUT2D eigenvalue weighted by Crippen LogP contribution is 2.33. The van der Waals surface area contributed by atoms with Crippen LogP contribution in [0.15, 0.2) is 78.9 Å². The number of benzene rings is 3. The number of hydrogen-bond acceptors (Lipinski definition) is 3. The van der Waals surface area contributed by atoms with Gasteiger partial charge >= 0.3 is 0 Å². The van der Waals surface area contributed by atoms with Crippen molar-refractivity contribution in [2.45, 2.75) is 5.92 Å².